The van der Waals surface area contributed by atoms with Crippen LogP contribution in [-0.2, 0) is 29.9 Å². The number of para-hydroxylation sites is 1. The van der Waals surface area contributed by atoms with Gasteiger partial charge in [-0.1, -0.05) is 18.2 Å². The van der Waals surface area contributed by atoms with E-state index in [1.54, 1.807) is 10.7 Å². The van der Waals surface area contributed by atoms with Crippen LogP contribution in [0.25, 0.3) is 0 Å². The van der Waals surface area contributed by atoms with E-state index in [2.05, 4.69) is 16.1 Å². The predicted molar refractivity (Wildman–Crippen MR) is 121 cm³/mol. The van der Waals surface area contributed by atoms with Crippen LogP contribution in [-0.4, -0.2) is 70.1 Å². The molecule has 0 bridgehead atoms. The summed E-state index contributed by atoms with van der Waals surface area (Å²) in [6, 6.07) is 9.73. The van der Waals surface area contributed by atoms with Crippen molar-refractivity contribution in [3.05, 3.63) is 57.5 Å². The lowest BCUT2D eigenvalue weighted by Gasteiger charge is -2.37. The molecule has 7 nitrogen and oxygen atoms in total. The maximum Gasteiger partial charge on any atom is 0.267 e. The summed E-state index contributed by atoms with van der Waals surface area (Å²) < 4.78 is 7.60. The normalized spacial score (nSPS) is 21.2. The molecule has 0 N–H and O–H groups in total. The number of nitrogens with zero attached hydrogens (tertiary/aromatic N) is 4. The van der Waals surface area contributed by atoms with E-state index in [1.165, 1.54) is 5.56 Å². The Bertz CT molecular complexity index is 1020. The topological polar surface area (TPSA) is 67.7 Å². The maximum absolute atomic E-state index is 13.0. The Morgan fingerprint density at radius 1 is 1.10 bits per heavy atom. The molecule has 8 heteroatoms. The third kappa shape index (κ3) is 4.50. The minimum absolute atomic E-state index is 0.00945. The molecular weight excluding hydrogens is 412 g/mol. The molecule has 5 rings (SSSR count). The average Bonchev–Trinajstić information content (AvgIpc) is 2.82. The van der Waals surface area contributed by atoms with E-state index in [0.29, 0.717) is 19.6 Å². The third-order valence-electron chi connectivity index (χ3n) is 6.41. The Labute approximate surface area is 186 Å². The van der Waals surface area contributed by atoms with E-state index < -0.39 is 0 Å². The smallest absolute Gasteiger partial charge is 0.267 e. The Morgan fingerprint density at radius 2 is 1.94 bits per heavy atom. The van der Waals surface area contributed by atoms with Crippen LogP contribution in [0, 0.1) is 0 Å². The number of aromatic nitrogens is 2. The zero-order chi connectivity index (χ0) is 21.2. The number of aryl methyl sites for hydroxylation is 2. The van der Waals surface area contributed by atoms with Gasteiger partial charge in [0.15, 0.2) is 6.10 Å². The van der Waals surface area contributed by atoms with Crippen molar-refractivity contribution in [3.63, 3.8) is 0 Å². The van der Waals surface area contributed by atoms with Crippen molar-refractivity contribution in [1.29, 1.82) is 0 Å². The predicted octanol–water partition coefficient (Wildman–Crippen LogP) is 1.57. The molecule has 1 aromatic heterocycles. The first kappa shape index (κ1) is 20.6. The van der Waals surface area contributed by atoms with Crippen molar-refractivity contribution in [2.45, 2.75) is 37.7 Å². The molecule has 1 atom stereocenters. The molecule has 31 heavy (non-hydrogen) atoms. The van der Waals surface area contributed by atoms with Gasteiger partial charge in [-0.25, -0.2) is 4.68 Å². The molecule has 1 unspecified atom stereocenters. The summed E-state index contributed by atoms with van der Waals surface area (Å²) in [7, 11) is 0. The number of thioether (sulfide) groups is 1. The monoisotopic (exact) mass is 440 g/mol. The number of fused-ring (bicyclic) bond motifs is 2. The summed E-state index contributed by atoms with van der Waals surface area (Å²) in [5.74, 6) is 2.90. The second-order valence-electron chi connectivity index (χ2n) is 8.40. The Hall–Kier alpha value is -2.32. The van der Waals surface area contributed by atoms with Gasteiger partial charge < -0.3 is 9.64 Å². The van der Waals surface area contributed by atoms with Crippen LogP contribution in [0.15, 0.2) is 35.1 Å². The quantitative estimate of drug-likeness (QED) is 0.719. The zero-order valence-electron chi connectivity index (χ0n) is 17.7. The van der Waals surface area contributed by atoms with Crippen LogP contribution in [0.4, 0.5) is 0 Å². The number of carbonyl (C=O) groups is 1. The van der Waals surface area contributed by atoms with Crippen LogP contribution in [0.3, 0.4) is 0 Å². The van der Waals surface area contributed by atoms with Crippen molar-refractivity contribution in [2.24, 2.45) is 0 Å². The Morgan fingerprint density at radius 3 is 2.81 bits per heavy atom. The van der Waals surface area contributed by atoms with Gasteiger partial charge >= 0.3 is 0 Å². The lowest BCUT2D eigenvalue weighted by Crippen LogP contribution is -2.53. The molecule has 1 amide bonds. The summed E-state index contributed by atoms with van der Waals surface area (Å²) in [5, 5.41) is 4.60. The molecule has 3 aliphatic rings. The van der Waals surface area contributed by atoms with Gasteiger partial charge in [-0.3, -0.25) is 14.5 Å². The molecule has 0 aliphatic carbocycles. The van der Waals surface area contributed by atoms with Crippen LogP contribution in [0.2, 0.25) is 0 Å². The van der Waals surface area contributed by atoms with Gasteiger partial charge in [-0.15, -0.1) is 0 Å². The molecule has 164 valence electrons. The standard InChI is InChI=1S/C23H28N4O3S/c28-22-15-18-16-31-14-7-19(18)24-27(22)13-10-25-8-11-26(12-9-25)23(29)21-6-5-17-3-1-2-4-20(17)30-21/h1-4,15,21H,5-14,16H2. The number of benzene rings is 1. The van der Waals surface area contributed by atoms with Crippen molar-refractivity contribution < 1.29 is 9.53 Å². The number of hydrogen-bond donors (Lipinski definition) is 0. The van der Waals surface area contributed by atoms with Gasteiger partial charge in [0.25, 0.3) is 11.5 Å². The first-order valence-electron chi connectivity index (χ1n) is 11.1. The van der Waals surface area contributed by atoms with Gasteiger partial charge in [-0.05, 0) is 35.8 Å². The van der Waals surface area contributed by atoms with Gasteiger partial charge in [-0.2, -0.15) is 16.9 Å². The zero-order valence-corrected chi connectivity index (χ0v) is 18.5. The largest absolute Gasteiger partial charge is 0.480 e. The van der Waals surface area contributed by atoms with E-state index in [-0.39, 0.29) is 17.6 Å². The fraction of sp³-hybridized carbons (Fsp3) is 0.522. The highest BCUT2D eigenvalue weighted by Crippen LogP contribution is 2.28. The van der Waals surface area contributed by atoms with E-state index in [1.807, 2.05) is 34.9 Å². The SMILES string of the molecule is O=C(C1CCc2ccccc2O1)N1CCN(CCn2nc3c(cc2=O)CSCC3)CC1. The van der Waals surface area contributed by atoms with Crippen LogP contribution < -0.4 is 10.3 Å². The fourth-order valence-electron chi connectivity index (χ4n) is 4.54. The second kappa shape index (κ2) is 9.04. The highest BCUT2D eigenvalue weighted by molar-refractivity contribution is 7.98. The molecule has 4 heterocycles. The second-order valence-corrected chi connectivity index (χ2v) is 9.51. The van der Waals surface area contributed by atoms with Crippen molar-refractivity contribution >= 4 is 17.7 Å². The molecule has 1 fully saturated rings. The third-order valence-corrected chi connectivity index (χ3v) is 7.42. The van der Waals surface area contributed by atoms with Gasteiger partial charge in [0.2, 0.25) is 0 Å². The number of rotatable bonds is 4. The van der Waals surface area contributed by atoms with Crippen LogP contribution >= 0.6 is 11.8 Å². The fourth-order valence-corrected chi connectivity index (χ4v) is 5.49. The van der Waals surface area contributed by atoms with Gasteiger partial charge in [0, 0.05) is 51.0 Å². The number of carbonyl (C=O) groups excluding carboxylic acids is 1. The van der Waals surface area contributed by atoms with Gasteiger partial charge in [0.05, 0.1) is 12.2 Å². The number of ether oxygens (including phenoxy) is 1. The summed E-state index contributed by atoms with van der Waals surface area (Å²) >= 11 is 1.86. The first-order chi connectivity index (χ1) is 15.2. The van der Waals surface area contributed by atoms with E-state index in [0.717, 1.165) is 67.4 Å². The molecule has 0 radical (unpaired) electrons. The molecule has 1 aromatic carbocycles. The molecule has 0 spiro atoms. The Kier molecular flexibility index (Phi) is 6.00. The molecule has 2 aromatic rings. The van der Waals surface area contributed by atoms with E-state index in [4.69, 9.17) is 4.74 Å². The number of amides is 1. The number of hydrogen-bond acceptors (Lipinski definition) is 6. The Balaban J connectivity index is 1.13. The van der Waals surface area contributed by atoms with Crippen LogP contribution in [0.1, 0.15) is 23.2 Å². The van der Waals surface area contributed by atoms with Crippen LogP contribution in [0.5, 0.6) is 5.75 Å². The minimum atomic E-state index is -0.377. The van der Waals surface area contributed by atoms with Crippen molar-refractivity contribution in [2.75, 3.05) is 38.5 Å². The maximum atomic E-state index is 13.0. The molecule has 0 saturated carbocycles. The summed E-state index contributed by atoms with van der Waals surface area (Å²) in [6.45, 7) is 4.39. The highest BCUT2D eigenvalue weighted by Gasteiger charge is 2.31. The van der Waals surface area contributed by atoms with Gasteiger partial charge in [0.1, 0.15) is 5.75 Å². The summed E-state index contributed by atoms with van der Waals surface area (Å²) in [5.41, 5.74) is 3.34. The van der Waals surface area contributed by atoms with Crippen molar-refractivity contribution in [3.8, 4) is 5.75 Å². The lowest BCUT2D eigenvalue weighted by atomic mass is 10.0. The molecule has 3 aliphatic heterocycles. The first-order valence-corrected chi connectivity index (χ1v) is 12.3. The molecular formula is C23H28N4O3S. The lowest BCUT2D eigenvalue weighted by molar-refractivity contribution is -0.141. The minimum Gasteiger partial charge on any atom is -0.480 e. The van der Waals surface area contributed by atoms with Crippen molar-refractivity contribution in [1.82, 2.24) is 19.6 Å². The number of piperazine rings is 1. The average molecular weight is 441 g/mol. The molecule has 1 saturated heterocycles. The highest BCUT2D eigenvalue weighted by atomic mass is 32.2. The van der Waals surface area contributed by atoms with E-state index >= 15 is 0 Å². The summed E-state index contributed by atoms with van der Waals surface area (Å²) in [4.78, 5) is 29.6. The van der Waals surface area contributed by atoms with E-state index in [9.17, 15) is 9.59 Å². The summed E-state index contributed by atoms with van der Waals surface area (Å²) in [6.07, 6.45) is 2.18.